The number of hydrogen-bond acceptors (Lipinski definition) is 5. The van der Waals surface area contributed by atoms with Gasteiger partial charge in [0.25, 0.3) is 0 Å². The third kappa shape index (κ3) is 5.87. The highest BCUT2D eigenvalue weighted by Crippen LogP contribution is 2.15. The van der Waals surface area contributed by atoms with E-state index in [0.717, 1.165) is 16.7 Å². The first kappa shape index (κ1) is 15.7. The molecule has 0 aliphatic rings. The van der Waals surface area contributed by atoms with Gasteiger partial charge in [-0.25, -0.2) is 8.42 Å². The number of thiophene rings is 1. The van der Waals surface area contributed by atoms with Crippen LogP contribution in [0.5, 0.6) is 0 Å². The van der Waals surface area contributed by atoms with Crippen LogP contribution in [0.2, 0.25) is 0 Å². The third-order valence-electron chi connectivity index (χ3n) is 2.19. The Kier molecular flexibility index (Phi) is 5.54. The Morgan fingerprint density at radius 2 is 2.21 bits per heavy atom. The van der Waals surface area contributed by atoms with Crippen LogP contribution in [0.25, 0.3) is 0 Å². The van der Waals surface area contributed by atoms with Gasteiger partial charge in [0.2, 0.25) is 5.91 Å². The molecular weight excluding hydrogens is 284 g/mol. The second-order valence-corrected chi connectivity index (χ2v) is 7.26. The van der Waals surface area contributed by atoms with Crippen molar-refractivity contribution in [2.75, 3.05) is 25.6 Å². The van der Waals surface area contributed by atoms with Crippen molar-refractivity contribution in [3.8, 4) is 11.8 Å². The van der Waals surface area contributed by atoms with Crippen LogP contribution >= 0.6 is 11.3 Å². The molecule has 1 amide bonds. The lowest BCUT2D eigenvalue weighted by Gasteiger charge is -2.15. The molecule has 0 fully saturated rings. The van der Waals surface area contributed by atoms with E-state index in [2.05, 4.69) is 11.8 Å². The first-order valence-corrected chi connectivity index (χ1v) is 8.44. The van der Waals surface area contributed by atoms with Crippen LogP contribution in [0, 0.1) is 11.8 Å². The molecule has 0 aromatic carbocycles. The van der Waals surface area contributed by atoms with E-state index in [0.29, 0.717) is 13.1 Å². The van der Waals surface area contributed by atoms with Crippen molar-refractivity contribution < 1.29 is 13.2 Å². The summed E-state index contributed by atoms with van der Waals surface area (Å²) in [4.78, 5) is 14.0. The fraction of sp³-hybridized carbons (Fsp3) is 0.417. The lowest BCUT2D eigenvalue weighted by Crippen LogP contribution is -2.31. The summed E-state index contributed by atoms with van der Waals surface area (Å²) < 4.78 is 22.1. The Hall–Kier alpha value is -1.36. The number of carbonyl (C=O) groups is 1. The minimum Gasteiger partial charge on any atom is -0.340 e. The zero-order valence-corrected chi connectivity index (χ0v) is 12.5. The average molecular weight is 300 g/mol. The second kappa shape index (κ2) is 6.70. The number of nitrogens with zero attached hydrogens (tertiary/aromatic N) is 1. The third-order valence-corrected chi connectivity index (χ3v) is 3.89. The second-order valence-electron chi connectivity index (χ2n) is 4.13. The number of carbonyl (C=O) groups excluding carboxylic acids is 1. The molecule has 0 spiro atoms. The maximum absolute atomic E-state index is 11.6. The molecule has 0 saturated carbocycles. The van der Waals surface area contributed by atoms with Crippen molar-refractivity contribution in [3.63, 3.8) is 0 Å². The van der Waals surface area contributed by atoms with E-state index in [9.17, 15) is 13.2 Å². The Balaban J connectivity index is 2.64. The van der Waals surface area contributed by atoms with Gasteiger partial charge >= 0.3 is 0 Å². The molecule has 0 unspecified atom stereocenters. The smallest absolute Gasteiger partial charge is 0.237 e. The van der Waals surface area contributed by atoms with Crippen LogP contribution in [0.4, 0.5) is 0 Å². The van der Waals surface area contributed by atoms with Crippen molar-refractivity contribution in [1.29, 1.82) is 0 Å². The van der Waals surface area contributed by atoms with Crippen LogP contribution < -0.4 is 5.73 Å². The van der Waals surface area contributed by atoms with E-state index in [1.807, 2.05) is 11.4 Å². The largest absolute Gasteiger partial charge is 0.340 e. The first-order chi connectivity index (χ1) is 8.81. The summed E-state index contributed by atoms with van der Waals surface area (Å²) in [6, 6.07) is 1.87. The molecule has 5 nitrogen and oxygen atoms in total. The predicted molar refractivity (Wildman–Crippen MR) is 76.4 cm³/mol. The average Bonchev–Trinajstić information content (AvgIpc) is 2.71. The molecule has 1 heterocycles. The molecular formula is C12H16N2O3S2. The molecule has 0 bridgehead atoms. The molecule has 0 radical (unpaired) electrons. The SMILES string of the molecule is CN(Cc1cc(C#CCN)cs1)C(=O)CS(C)(=O)=O. The summed E-state index contributed by atoms with van der Waals surface area (Å²) in [6.07, 6.45) is 1.05. The molecule has 2 N–H and O–H groups in total. The van der Waals surface area contributed by atoms with E-state index in [1.54, 1.807) is 7.05 Å². The van der Waals surface area contributed by atoms with E-state index in [-0.39, 0.29) is 0 Å². The zero-order valence-electron chi connectivity index (χ0n) is 10.8. The highest BCUT2D eigenvalue weighted by molar-refractivity contribution is 7.91. The monoisotopic (exact) mass is 300 g/mol. The zero-order chi connectivity index (χ0) is 14.5. The number of nitrogens with two attached hydrogens (primary N) is 1. The van der Waals surface area contributed by atoms with Gasteiger partial charge in [0.15, 0.2) is 9.84 Å². The fourth-order valence-electron chi connectivity index (χ4n) is 1.34. The predicted octanol–water partition coefficient (Wildman–Crippen LogP) is 0.0613. The molecule has 0 aliphatic heterocycles. The standard InChI is InChI=1S/C12H16N2O3S2/c1-14(12(15)9-19(2,16)17)7-11-6-10(8-18-11)4-3-5-13/h6,8H,5,7,9,13H2,1-2H3. The van der Waals surface area contributed by atoms with Crippen molar-refractivity contribution >= 4 is 27.1 Å². The molecule has 0 saturated heterocycles. The number of rotatable bonds is 4. The molecule has 1 rings (SSSR count). The molecule has 19 heavy (non-hydrogen) atoms. The van der Waals surface area contributed by atoms with Gasteiger partial charge in [-0.2, -0.15) is 0 Å². The Morgan fingerprint density at radius 3 is 2.79 bits per heavy atom. The minimum absolute atomic E-state index is 0.304. The van der Waals surface area contributed by atoms with E-state index < -0.39 is 21.5 Å². The van der Waals surface area contributed by atoms with Gasteiger partial charge in [-0.05, 0) is 6.07 Å². The van der Waals surface area contributed by atoms with Crippen molar-refractivity contribution in [2.45, 2.75) is 6.54 Å². The van der Waals surface area contributed by atoms with Gasteiger partial charge in [0.05, 0.1) is 13.1 Å². The molecule has 0 atom stereocenters. The van der Waals surface area contributed by atoms with Crippen LogP contribution in [-0.4, -0.2) is 44.8 Å². The Labute approximate surface area is 117 Å². The quantitative estimate of drug-likeness (QED) is 0.798. The highest BCUT2D eigenvalue weighted by atomic mass is 32.2. The van der Waals surface area contributed by atoms with Gasteiger partial charge in [0, 0.05) is 29.1 Å². The van der Waals surface area contributed by atoms with Crippen LogP contribution in [-0.2, 0) is 21.2 Å². The number of sulfone groups is 1. The maximum atomic E-state index is 11.6. The van der Waals surface area contributed by atoms with Gasteiger partial charge in [0.1, 0.15) is 5.75 Å². The van der Waals surface area contributed by atoms with Crippen LogP contribution in [0.3, 0.4) is 0 Å². The van der Waals surface area contributed by atoms with Gasteiger partial charge in [-0.3, -0.25) is 4.79 Å². The van der Waals surface area contributed by atoms with E-state index in [4.69, 9.17) is 5.73 Å². The van der Waals surface area contributed by atoms with E-state index >= 15 is 0 Å². The lowest BCUT2D eigenvalue weighted by atomic mass is 10.3. The molecule has 0 aliphatic carbocycles. The first-order valence-electron chi connectivity index (χ1n) is 5.50. The molecule has 1 aromatic rings. The Bertz CT molecular complexity index is 608. The summed E-state index contributed by atoms with van der Waals surface area (Å²) >= 11 is 1.48. The normalized spacial score (nSPS) is 10.7. The summed E-state index contributed by atoms with van der Waals surface area (Å²) in [5, 5.41) is 1.88. The van der Waals surface area contributed by atoms with Crippen molar-refractivity contribution in [2.24, 2.45) is 5.73 Å². The lowest BCUT2D eigenvalue weighted by molar-refractivity contribution is -0.127. The van der Waals surface area contributed by atoms with Crippen molar-refractivity contribution in [3.05, 3.63) is 21.9 Å². The summed E-state index contributed by atoms with van der Waals surface area (Å²) in [7, 11) is -1.71. The van der Waals surface area contributed by atoms with Gasteiger partial charge < -0.3 is 10.6 Å². The van der Waals surface area contributed by atoms with Gasteiger partial charge in [-0.1, -0.05) is 11.8 Å². The molecule has 1 aromatic heterocycles. The maximum Gasteiger partial charge on any atom is 0.237 e. The van der Waals surface area contributed by atoms with Crippen LogP contribution in [0.15, 0.2) is 11.4 Å². The topological polar surface area (TPSA) is 80.5 Å². The van der Waals surface area contributed by atoms with Gasteiger partial charge in [-0.15, -0.1) is 11.3 Å². The number of amides is 1. The summed E-state index contributed by atoms with van der Waals surface area (Å²) in [5.41, 5.74) is 6.14. The highest BCUT2D eigenvalue weighted by Gasteiger charge is 2.16. The minimum atomic E-state index is -3.29. The summed E-state index contributed by atoms with van der Waals surface area (Å²) in [6.45, 7) is 0.682. The molecule has 7 heteroatoms. The Morgan fingerprint density at radius 1 is 1.53 bits per heavy atom. The van der Waals surface area contributed by atoms with Crippen LogP contribution in [0.1, 0.15) is 10.4 Å². The van der Waals surface area contributed by atoms with E-state index in [1.165, 1.54) is 16.2 Å². The molecule has 104 valence electrons. The number of hydrogen-bond donors (Lipinski definition) is 1. The fourth-order valence-corrected chi connectivity index (χ4v) is 2.88. The van der Waals surface area contributed by atoms with Crippen molar-refractivity contribution in [1.82, 2.24) is 4.90 Å². The summed E-state index contributed by atoms with van der Waals surface area (Å²) in [5.74, 6) is 4.78.